The molecule has 0 unspecified atom stereocenters. The molecule has 2 aromatic rings. The van der Waals surface area contributed by atoms with Gasteiger partial charge in [0.15, 0.2) is 0 Å². The van der Waals surface area contributed by atoms with E-state index >= 15 is 0 Å². The summed E-state index contributed by atoms with van der Waals surface area (Å²) >= 11 is 5.86. The molecular formula is C16H14ClNO3. The SMILES string of the molecule is O=C(c1ccc(O)c(Cl)c1)N1CCCc2cccc(O)c21. The molecule has 4 nitrogen and oxygen atoms in total. The number of phenolic OH excluding ortho intramolecular Hbond substituents is 2. The van der Waals surface area contributed by atoms with E-state index in [9.17, 15) is 15.0 Å². The van der Waals surface area contributed by atoms with Crippen molar-refractivity contribution in [2.75, 3.05) is 11.4 Å². The van der Waals surface area contributed by atoms with E-state index in [1.807, 2.05) is 6.07 Å². The van der Waals surface area contributed by atoms with Gasteiger partial charge in [0.05, 0.1) is 10.7 Å². The average molecular weight is 304 g/mol. The van der Waals surface area contributed by atoms with Crippen molar-refractivity contribution >= 4 is 23.2 Å². The van der Waals surface area contributed by atoms with E-state index < -0.39 is 0 Å². The fraction of sp³-hybridized carbons (Fsp3) is 0.188. The van der Waals surface area contributed by atoms with Gasteiger partial charge in [-0.15, -0.1) is 0 Å². The number of phenols is 2. The van der Waals surface area contributed by atoms with Crippen LogP contribution >= 0.6 is 11.6 Å². The third-order valence-corrected chi connectivity index (χ3v) is 3.94. The van der Waals surface area contributed by atoms with Gasteiger partial charge in [-0.3, -0.25) is 4.79 Å². The molecule has 5 heteroatoms. The number of halogens is 1. The van der Waals surface area contributed by atoms with Gasteiger partial charge in [-0.25, -0.2) is 0 Å². The number of hydrogen-bond donors (Lipinski definition) is 2. The lowest BCUT2D eigenvalue weighted by Crippen LogP contribution is -2.35. The Labute approximate surface area is 127 Å². The molecule has 1 amide bonds. The van der Waals surface area contributed by atoms with Gasteiger partial charge < -0.3 is 15.1 Å². The van der Waals surface area contributed by atoms with Crippen LogP contribution in [0.15, 0.2) is 36.4 Å². The minimum absolute atomic E-state index is 0.0601. The molecule has 2 aromatic carbocycles. The predicted molar refractivity (Wildman–Crippen MR) is 81.2 cm³/mol. The smallest absolute Gasteiger partial charge is 0.258 e. The molecule has 0 aromatic heterocycles. The van der Waals surface area contributed by atoms with Crippen LogP contribution in [-0.2, 0) is 6.42 Å². The van der Waals surface area contributed by atoms with E-state index in [0.717, 1.165) is 18.4 Å². The second kappa shape index (κ2) is 5.30. The summed E-state index contributed by atoms with van der Waals surface area (Å²) in [6.07, 6.45) is 1.68. The van der Waals surface area contributed by atoms with Crippen molar-refractivity contribution < 1.29 is 15.0 Å². The number of aromatic hydroxyl groups is 2. The third kappa shape index (κ3) is 2.43. The predicted octanol–water partition coefficient (Wildman–Crippen LogP) is 3.34. The molecule has 2 N–H and O–H groups in total. The molecular weight excluding hydrogens is 290 g/mol. The fourth-order valence-electron chi connectivity index (χ4n) is 2.63. The zero-order chi connectivity index (χ0) is 15.0. The van der Waals surface area contributed by atoms with Crippen LogP contribution in [0.25, 0.3) is 0 Å². The summed E-state index contributed by atoms with van der Waals surface area (Å²) < 4.78 is 0. The number of fused-ring (bicyclic) bond motifs is 1. The van der Waals surface area contributed by atoms with Crippen LogP contribution in [0.3, 0.4) is 0 Å². The zero-order valence-corrected chi connectivity index (χ0v) is 12.0. The van der Waals surface area contributed by atoms with Crippen molar-refractivity contribution in [3.8, 4) is 11.5 Å². The molecule has 1 heterocycles. The maximum Gasteiger partial charge on any atom is 0.258 e. The van der Waals surface area contributed by atoms with Crippen LogP contribution in [0.1, 0.15) is 22.3 Å². The Morgan fingerprint density at radius 1 is 1.14 bits per heavy atom. The van der Waals surface area contributed by atoms with E-state index in [1.54, 1.807) is 17.0 Å². The number of carbonyl (C=O) groups excluding carboxylic acids is 1. The van der Waals surface area contributed by atoms with E-state index in [4.69, 9.17) is 11.6 Å². The van der Waals surface area contributed by atoms with Crippen LogP contribution in [0.5, 0.6) is 11.5 Å². The first kappa shape index (κ1) is 13.8. The zero-order valence-electron chi connectivity index (χ0n) is 11.2. The first-order valence-corrected chi connectivity index (χ1v) is 7.07. The summed E-state index contributed by atoms with van der Waals surface area (Å²) in [5, 5.41) is 19.6. The maximum atomic E-state index is 12.7. The molecule has 108 valence electrons. The Hall–Kier alpha value is -2.20. The van der Waals surface area contributed by atoms with Crippen molar-refractivity contribution in [3.05, 3.63) is 52.5 Å². The van der Waals surface area contributed by atoms with Crippen molar-refractivity contribution in [2.45, 2.75) is 12.8 Å². The van der Waals surface area contributed by atoms with Crippen molar-refractivity contribution in [1.29, 1.82) is 0 Å². The molecule has 0 aliphatic carbocycles. The third-order valence-electron chi connectivity index (χ3n) is 3.64. The van der Waals surface area contributed by atoms with Crippen molar-refractivity contribution in [2.24, 2.45) is 0 Å². The number of carbonyl (C=O) groups is 1. The van der Waals surface area contributed by atoms with E-state index in [2.05, 4.69) is 0 Å². The van der Waals surface area contributed by atoms with Gasteiger partial charge in [-0.2, -0.15) is 0 Å². The quantitative estimate of drug-likeness (QED) is 0.849. The Bertz CT molecular complexity index is 715. The summed E-state index contributed by atoms with van der Waals surface area (Å²) in [5.74, 6) is -0.195. The molecule has 0 saturated heterocycles. The summed E-state index contributed by atoms with van der Waals surface area (Å²) in [4.78, 5) is 14.2. The van der Waals surface area contributed by atoms with Gasteiger partial charge >= 0.3 is 0 Å². The second-order valence-corrected chi connectivity index (χ2v) is 5.42. The van der Waals surface area contributed by atoms with Gasteiger partial charge in [-0.05, 0) is 42.7 Å². The molecule has 0 fully saturated rings. The highest BCUT2D eigenvalue weighted by atomic mass is 35.5. The van der Waals surface area contributed by atoms with E-state index in [0.29, 0.717) is 17.8 Å². The van der Waals surface area contributed by atoms with Gasteiger partial charge in [0, 0.05) is 12.1 Å². The van der Waals surface area contributed by atoms with E-state index in [1.165, 1.54) is 18.2 Å². The number of rotatable bonds is 1. The number of benzene rings is 2. The Kier molecular flexibility index (Phi) is 3.47. The standard InChI is InChI=1S/C16H14ClNO3/c17-12-9-11(6-7-13(12)19)16(21)18-8-2-4-10-3-1-5-14(20)15(10)18/h1,3,5-7,9,19-20H,2,4,8H2. The fourth-order valence-corrected chi connectivity index (χ4v) is 2.81. The Balaban J connectivity index is 2.02. The number of anilines is 1. The lowest BCUT2D eigenvalue weighted by atomic mass is 10.00. The largest absolute Gasteiger partial charge is 0.506 e. The molecule has 0 spiro atoms. The molecule has 0 saturated carbocycles. The second-order valence-electron chi connectivity index (χ2n) is 5.01. The number of nitrogens with zero attached hydrogens (tertiary/aromatic N) is 1. The lowest BCUT2D eigenvalue weighted by Gasteiger charge is -2.30. The van der Waals surface area contributed by atoms with Crippen LogP contribution in [0.4, 0.5) is 5.69 Å². The highest BCUT2D eigenvalue weighted by molar-refractivity contribution is 6.32. The van der Waals surface area contributed by atoms with Gasteiger partial charge in [0.1, 0.15) is 11.5 Å². The minimum atomic E-state index is -0.237. The molecule has 3 rings (SSSR count). The summed E-state index contributed by atoms with van der Waals surface area (Å²) in [5.41, 5.74) is 1.91. The van der Waals surface area contributed by atoms with Gasteiger partial charge in [0.2, 0.25) is 0 Å². The molecule has 1 aliphatic rings. The number of hydrogen-bond acceptors (Lipinski definition) is 3. The monoisotopic (exact) mass is 303 g/mol. The number of aryl methyl sites for hydroxylation is 1. The van der Waals surface area contributed by atoms with Crippen molar-refractivity contribution in [3.63, 3.8) is 0 Å². The number of para-hydroxylation sites is 1. The summed E-state index contributed by atoms with van der Waals surface area (Å²) in [6, 6.07) is 9.63. The maximum absolute atomic E-state index is 12.7. The topological polar surface area (TPSA) is 60.8 Å². The Morgan fingerprint density at radius 2 is 1.95 bits per heavy atom. The van der Waals surface area contributed by atoms with E-state index in [-0.39, 0.29) is 22.4 Å². The van der Waals surface area contributed by atoms with Crippen LogP contribution in [0.2, 0.25) is 5.02 Å². The summed E-state index contributed by atoms with van der Waals surface area (Å²) in [6.45, 7) is 0.544. The molecule has 0 radical (unpaired) electrons. The molecule has 0 bridgehead atoms. The summed E-state index contributed by atoms with van der Waals surface area (Å²) in [7, 11) is 0. The Morgan fingerprint density at radius 3 is 2.71 bits per heavy atom. The van der Waals surface area contributed by atoms with Gasteiger partial charge in [0.25, 0.3) is 5.91 Å². The first-order chi connectivity index (χ1) is 10.1. The molecule has 0 atom stereocenters. The van der Waals surface area contributed by atoms with Crippen LogP contribution in [0, 0.1) is 0 Å². The first-order valence-electron chi connectivity index (χ1n) is 6.69. The highest BCUT2D eigenvalue weighted by Gasteiger charge is 2.26. The molecule has 1 aliphatic heterocycles. The van der Waals surface area contributed by atoms with Crippen LogP contribution in [-0.4, -0.2) is 22.7 Å². The minimum Gasteiger partial charge on any atom is -0.506 e. The normalized spacial score (nSPS) is 13.9. The van der Waals surface area contributed by atoms with Gasteiger partial charge in [-0.1, -0.05) is 23.7 Å². The average Bonchev–Trinajstić information content (AvgIpc) is 2.49. The van der Waals surface area contributed by atoms with Crippen molar-refractivity contribution in [1.82, 2.24) is 0 Å². The number of amides is 1. The highest BCUT2D eigenvalue weighted by Crippen LogP contribution is 2.36. The van der Waals surface area contributed by atoms with Crippen LogP contribution < -0.4 is 4.90 Å². The lowest BCUT2D eigenvalue weighted by molar-refractivity contribution is 0.0984. The molecule has 21 heavy (non-hydrogen) atoms.